The Morgan fingerprint density at radius 1 is 1.50 bits per heavy atom. The molecule has 1 aliphatic carbocycles. The fourth-order valence-electron chi connectivity index (χ4n) is 2.49. The summed E-state index contributed by atoms with van der Waals surface area (Å²) >= 11 is 0. The number of hydrogen-bond acceptors (Lipinski definition) is 3. The van der Waals surface area contributed by atoms with Gasteiger partial charge in [0.2, 0.25) is 5.91 Å². The Labute approximate surface area is 110 Å². The second-order valence-electron chi connectivity index (χ2n) is 6.05. The van der Waals surface area contributed by atoms with E-state index in [0.717, 1.165) is 32.1 Å². The maximum absolute atomic E-state index is 11.9. The third-order valence-corrected chi connectivity index (χ3v) is 4.21. The van der Waals surface area contributed by atoms with Crippen molar-refractivity contribution in [3.63, 3.8) is 0 Å². The number of nitrogens with two attached hydrogens (primary N) is 1. The minimum absolute atomic E-state index is 0.0535. The molecule has 1 fully saturated rings. The highest BCUT2D eigenvalue weighted by atomic mass is 16.3. The minimum Gasteiger partial charge on any atom is -0.394 e. The monoisotopic (exact) mass is 256 g/mol. The number of aliphatic hydroxyl groups excluding tert-OH is 1. The van der Waals surface area contributed by atoms with E-state index in [1.165, 1.54) is 0 Å². The quantitative estimate of drug-likeness (QED) is 0.673. The highest BCUT2D eigenvalue weighted by molar-refractivity contribution is 5.76. The summed E-state index contributed by atoms with van der Waals surface area (Å²) in [4.78, 5) is 11.9. The molecular weight excluding hydrogens is 228 g/mol. The zero-order valence-corrected chi connectivity index (χ0v) is 11.7. The molecule has 0 spiro atoms. The number of rotatable bonds is 6. The van der Waals surface area contributed by atoms with Crippen molar-refractivity contribution in [1.29, 1.82) is 0 Å². The van der Waals surface area contributed by atoms with Crippen molar-refractivity contribution in [2.24, 2.45) is 17.6 Å². The molecule has 0 aliphatic heterocycles. The summed E-state index contributed by atoms with van der Waals surface area (Å²) in [6.45, 7) is 4.96. The van der Waals surface area contributed by atoms with E-state index in [1.54, 1.807) is 0 Å². The van der Waals surface area contributed by atoms with Gasteiger partial charge in [-0.25, -0.2) is 0 Å². The summed E-state index contributed by atoms with van der Waals surface area (Å²) in [5.74, 6) is 1.14. The maximum Gasteiger partial charge on any atom is 0.220 e. The van der Waals surface area contributed by atoms with E-state index in [9.17, 15) is 9.90 Å². The molecule has 1 aliphatic rings. The van der Waals surface area contributed by atoms with Crippen LogP contribution < -0.4 is 11.1 Å². The molecule has 0 bridgehead atoms. The van der Waals surface area contributed by atoms with Gasteiger partial charge in [0, 0.05) is 6.42 Å². The smallest absolute Gasteiger partial charge is 0.220 e. The largest absolute Gasteiger partial charge is 0.394 e. The summed E-state index contributed by atoms with van der Waals surface area (Å²) < 4.78 is 0. The minimum atomic E-state index is -0.366. The molecule has 1 amide bonds. The van der Waals surface area contributed by atoms with E-state index in [1.807, 2.05) is 0 Å². The van der Waals surface area contributed by atoms with Crippen LogP contribution in [0.5, 0.6) is 0 Å². The molecule has 106 valence electrons. The van der Waals surface area contributed by atoms with Crippen LogP contribution in [0.1, 0.15) is 52.4 Å². The maximum atomic E-state index is 11.9. The van der Waals surface area contributed by atoms with Crippen LogP contribution in [0.4, 0.5) is 0 Å². The first-order chi connectivity index (χ1) is 8.51. The van der Waals surface area contributed by atoms with Crippen molar-refractivity contribution in [3.8, 4) is 0 Å². The molecule has 0 aromatic carbocycles. The fourth-order valence-corrected chi connectivity index (χ4v) is 2.49. The molecule has 1 unspecified atom stereocenters. The van der Waals surface area contributed by atoms with Crippen molar-refractivity contribution in [2.75, 3.05) is 13.2 Å². The average molecular weight is 256 g/mol. The number of aliphatic hydroxyl groups is 1. The molecule has 4 heteroatoms. The van der Waals surface area contributed by atoms with Crippen LogP contribution in [-0.4, -0.2) is 29.7 Å². The lowest BCUT2D eigenvalue weighted by atomic mass is 9.77. The van der Waals surface area contributed by atoms with Gasteiger partial charge in [-0.15, -0.1) is 0 Å². The van der Waals surface area contributed by atoms with Crippen LogP contribution in [0, 0.1) is 11.8 Å². The van der Waals surface area contributed by atoms with Crippen molar-refractivity contribution < 1.29 is 9.90 Å². The number of carbonyl (C=O) groups is 1. The van der Waals surface area contributed by atoms with Gasteiger partial charge in [-0.3, -0.25) is 4.79 Å². The first-order valence-corrected chi connectivity index (χ1v) is 7.13. The molecule has 1 saturated carbocycles. The Balaban J connectivity index is 2.40. The normalized spacial score (nSPS) is 29.9. The van der Waals surface area contributed by atoms with Gasteiger partial charge in [0.15, 0.2) is 0 Å². The highest BCUT2D eigenvalue weighted by Gasteiger charge is 2.34. The van der Waals surface area contributed by atoms with E-state index in [-0.39, 0.29) is 18.1 Å². The number of carbonyl (C=O) groups excluding carboxylic acids is 1. The van der Waals surface area contributed by atoms with E-state index >= 15 is 0 Å². The molecule has 0 aromatic heterocycles. The summed E-state index contributed by atoms with van der Waals surface area (Å²) in [7, 11) is 0. The molecule has 0 heterocycles. The average Bonchev–Trinajstić information content (AvgIpc) is 2.39. The first kappa shape index (κ1) is 15.4. The third-order valence-electron chi connectivity index (χ3n) is 4.21. The molecule has 18 heavy (non-hydrogen) atoms. The Morgan fingerprint density at radius 3 is 2.61 bits per heavy atom. The van der Waals surface area contributed by atoms with E-state index in [2.05, 4.69) is 19.2 Å². The van der Waals surface area contributed by atoms with Gasteiger partial charge in [-0.05, 0) is 50.5 Å². The van der Waals surface area contributed by atoms with Gasteiger partial charge in [0.25, 0.3) is 0 Å². The van der Waals surface area contributed by atoms with Crippen molar-refractivity contribution in [2.45, 2.75) is 57.9 Å². The zero-order chi connectivity index (χ0) is 13.6. The summed E-state index contributed by atoms with van der Waals surface area (Å²) in [5.41, 5.74) is 5.17. The Morgan fingerprint density at radius 2 is 2.11 bits per heavy atom. The van der Waals surface area contributed by atoms with Crippen LogP contribution in [0.25, 0.3) is 0 Å². The standard InChI is InChI=1S/C14H28N2O2/c1-11-5-7-14(10-17,8-6-11)16-13(18)4-3-12(2)9-15/h11-12,17H,3-10,15H2,1-2H3,(H,16,18). The zero-order valence-electron chi connectivity index (χ0n) is 11.7. The van der Waals surface area contributed by atoms with Gasteiger partial charge in [0.1, 0.15) is 0 Å². The predicted molar refractivity (Wildman–Crippen MR) is 73.0 cm³/mol. The van der Waals surface area contributed by atoms with Crippen molar-refractivity contribution >= 4 is 5.91 Å². The highest BCUT2D eigenvalue weighted by Crippen LogP contribution is 2.31. The molecule has 4 nitrogen and oxygen atoms in total. The molecule has 0 aromatic rings. The van der Waals surface area contributed by atoms with Crippen LogP contribution in [0.3, 0.4) is 0 Å². The lowest BCUT2D eigenvalue weighted by Crippen LogP contribution is -2.53. The van der Waals surface area contributed by atoms with Gasteiger partial charge in [-0.1, -0.05) is 13.8 Å². The van der Waals surface area contributed by atoms with Crippen LogP contribution in [0.2, 0.25) is 0 Å². The Kier molecular flexibility index (Phi) is 6.09. The van der Waals surface area contributed by atoms with E-state index in [4.69, 9.17) is 5.73 Å². The van der Waals surface area contributed by atoms with Crippen LogP contribution >= 0.6 is 0 Å². The van der Waals surface area contributed by atoms with Gasteiger partial charge in [0.05, 0.1) is 12.1 Å². The fraction of sp³-hybridized carbons (Fsp3) is 0.929. The van der Waals surface area contributed by atoms with E-state index < -0.39 is 0 Å². The predicted octanol–water partition coefficient (Wildman–Crippen LogP) is 1.42. The second kappa shape index (κ2) is 7.10. The summed E-state index contributed by atoms with van der Waals surface area (Å²) in [6, 6.07) is 0. The van der Waals surface area contributed by atoms with Crippen LogP contribution in [-0.2, 0) is 4.79 Å². The van der Waals surface area contributed by atoms with Crippen LogP contribution in [0.15, 0.2) is 0 Å². The van der Waals surface area contributed by atoms with E-state index in [0.29, 0.717) is 24.8 Å². The van der Waals surface area contributed by atoms with Gasteiger partial charge >= 0.3 is 0 Å². The summed E-state index contributed by atoms with van der Waals surface area (Å²) in [6.07, 6.45) is 5.28. The van der Waals surface area contributed by atoms with Gasteiger partial charge in [-0.2, -0.15) is 0 Å². The van der Waals surface area contributed by atoms with Crippen molar-refractivity contribution in [1.82, 2.24) is 5.32 Å². The lowest BCUT2D eigenvalue weighted by Gasteiger charge is -2.38. The topological polar surface area (TPSA) is 75.4 Å². The summed E-state index contributed by atoms with van der Waals surface area (Å²) in [5, 5.41) is 12.6. The molecule has 1 atom stereocenters. The number of nitrogens with one attached hydrogen (secondary N) is 1. The molecule has 0 radical (unpaired) electrons. The number of amides is 1. The second-order valence-corrected chi connectivity index (χ2v) is 6.05. The molecular formula is C14H28N2O2. The number of hydrogen-bond donors (Lipinski definition) is 3. The third kappa shape index (κ3) is 4.58. The Hall–Kier alpha value is -0.610. The first-order valence-electron chi connectivity index (χ1n) is 7.13. The Bertz CT molecular complexity index is 261. The SMILES string of the molecule is CC(CN)CCC(=O)NC1(CO)CCC(C)CC1. The van der Waals surface area contributed by atoms with Crippen molar-refractivity contribution in [3.05, 3.63) is 0 Å². The molecule has 4 N–H and O–H groups in total. The lowest BCUT2D eigenvalue weighted by molar-refractivity contribution is -0.124. The molecule has 1 rings (SSSR count). The molecule has 0 saturated heterocycles. The van der Waals surface area contributed by atoms with Gasteiger partial charge < -0.3 is 16.2 Å².